The van der Waals surface area contributed by atoms with Gasteiger partial charge in [0.1, 0.15) is 12.4 Å². The van der Waals surface area contributed by atoms with E-state index in [1.807, 2.05) is 0 Å². The van der Waals surface area contributed by atoms with Gasteiger partial charge in [-0.05, 0) is 42.0 Å². The van der Waals surface area contributed by atoms with Crippen molar-refractivity contribution in [3.05, 3.63) is 99.6 Å². The Morgan fingerprint density at radius 1 is 1.03 bits per heavy atom. The summed E-state index contributed by atoms with van der Waals surface area (Å²) < 4.78 is 14.6. The molecule has 0 aliphatic heterocycles. The first-order valence-corrected chi connectivity index (χ1v) is 10.8. The van der Waals surface area contributed by atoms with Crippen molar-refractivity contribution in [3.8, 4) is 0 Å². The summed E-state index contributed by atoms with van der Waals surface area (Å²) >= 11 is 6.13. The average Bonchev–Trinajstić information content (AvgIpc) is 2.82. The largest absolute Gasteiger partial charge is 0.323 e. The van der Waals surface area contributed by atoms with Crippen LogP contribution in [0, 0.1) is 5.82 Å². The molecule has 4 rings (SSSR count). The van der Waals surface area contributed by atoms with E-state index in [0.29, 0.717) is 27.3 Å². The summed E-state index contributed by atoms with van der Waals surface area (Å²) in [4.78, 5) is 44.4. The van der Waals surface area contributed by atoms with Crippen LogP contribution in [0.2, 0.25) is 5.02 Å². The minimum Gasteiger partial charge on any atom is -0.323 e. The van der Waals surface area contributed by atoms with E-state index in [1.165, 1.54) is 40.7 Å². The van der Waals surface area contributed by atoms with Gasteiger partial charge in [0.15, 0.2) is 0 Å². The topological polar surface area (TPSA) is 84.3 Å². The number of carbonyl (C=O) groups excluding carboxylic acids is 2. The van der Waals surface area contributed by atoms with Crippen LogP contribution in [0.5, 0.6) is 0 Å². The van der Waals surface area contributed by atoms with Gasteiger partial charge in [0.25, 0.3) is 5.56 Å². The molecule has 3 aromatic carbocycles. The molecule has 0 unspecified atom stereocenters. The van der Waals surface area contributed by atoms with Crippen molar-refractivity contribution in [1.82, 2.24) is 9.55 Å². The van der Waals surface area contributed by atoms with E-state index in [0.717, 1.165) is 0 Å². The van der Waals surface area contributed by atoms with E-state index in [4.69, 9.17) is 11.6 Å². The maximum atomic E-state index is 13.5. The minimum absolute atomic E-state index is 0.0159. The van der Waals surface area contributed by atoms with E-state index in [-0.39, 0.29) is 18.9 Å². The van der Waals surface area contributed by atoms with E-state index in [9.17, 15) is 18.8 Å². The molecule has 34 heavy (non-hydrogen) atoms. The molecular weight excluding hydrogens is 459 g/mol. The van der Waals surface area contributed by atoms with Crippen molar-refractivity contribution in [1.29, 1.82) is 0 Å². The van der Waals surface area contributed by atoms with Gasteiger partial charge in [-0.1, -0.05) is 48.0 Å². The Hall–Kier alpha value is -4.04. The van der Waals surface area contributed by atoms with Gasteiger partial charge in [0, 0.05) is 6.92 Å². The fraction of sp³-hybridized carbons (Fsp3) is 0.120. The van der Waals surface area contributed by atoms with Crippen molar-refractivity contribution in [2.24, 2.45) is 0 Å². The van der Waals surface area contributed by atoms with Crippen LogP contribution >= 0.6 is 11.6 Å². The second-order valence-corrected chi connectivity index (χ2v) is 7.98. The van der Waals surface area contributed by atoms with Crippen molar-refractivity contribution in [2.45, 2.75) is 20.0 Å². The van der Waals surface area contributed by atoms with Crippen molar-refractivity contribution >= 4 is 46.0 Å². The first-order valence-electron chi connectivity index (χ1n) is 10.4. The molecule has 9 heteroatoms. The molecule has 1 aromatic heterocycles. The number of anilines is 2. The Kier molecular flexibility index (Phi) is 6.70. The molecule has 0 spiro atoms. The normalized spacial score (nSPS) is 10.8. The number of amides is 2. The van der Waals surface area contributed by atoms with Gasteiger partial charge in [0.2, 0.25) is 17.6 Å². The van der Waals surface area contributed by atoms with Crippen molar-refractivity contribution in [2.75, 3.05) is 10.2 Å². The minimum atomic E-state index is -0.606. The van der Waals surface area contributed by atoms with Crippen LogP contribution in [0.1, 0.15) is 12.5 Å². The third-order valence-corrected chi connectivity index (χ3v) is 5.50. The molecule has 0 fully saturated rings. The molecule has 1 N–H and O–H groups in total. The zero-order valence-electron chi connectivity index (χ0n) is 18.2. The number of rotatable bonds is 6. The Bertz CT molecular complexity index is 1440. The summed E-state index contributed by atoms with van der Waals surface area (Å²) in [5.74, 6) is -1.42. The Balaban J connectivity index is 1.74. The number of aromatic nitrogens is 2. The molecule has 0 saturated heterocycles. The van der Waals surface area contributed by atoms with Gasteiger partial charge >= 0.3 is 0 Å². The second-order valence-electron chi connectivity index (χ2n) is 7.58. The van der Waals surface area contributed by atoms with Crippen molar-refractivity contribution in [3.63, 3.8) is 0 Å². The number of hydrogen-bond donors (Lipinski definition) is 1. The summed E-state index contributed by atoms with van der Waals surface area (Å²) in [6, 6.07) is 19.2. The highest BCUT2D eigenvalue weighted by atomic mass is 35.5. The fourth-order valence-electron chi connectivity index (χ4n) is 3.52. The van der Waals surface area contributed by atoms with Crippen LogP contribution in [0.25, 0.3) is 11.0 Å². The maximum Gasteiger partial charge on any atom is 0.294 e. The summed E-state index contributed by atoms with van der Waals surface area (Å²) in [7, 11) is 0. The molecule has 0 radical (unpaired) electrons. The van der Waals surface area contributed by atoms with E-state index in [1.54, 1.807) is 48.5 Å². The number of fused-ring (bicyclic) bond motifs is 1. The molecule has 0 saturated carbocycles. The number of nitrogens with one attached hydrogen (secondary N) is 1. The lowest BCUT2D eigenvalue weighted by Crippen LogP contribution is -2.38. The summed E-state index contributed by atoms with van der Waals surface area (Å²) in [5.41, 5.74) is 1.31. The maximum absolute atomic E-state index is 13.5. The lowest BCUT2D eigenvalue weighted by Gasteiger charge is -2.21. The van der Waals surface area contributed by atoms with Crippen LogP contribution in [-0.4, -0.2) is 21.4 Å². The molecule has 0 aliphatic rings. The van der Waals surface area contributed by atoms with Crippen LogP contribution < -0.4 is 15.8 Å². The summed E-state index contributed by atoms with van der Waals surface area (Å²) in [5, 5.41) is 3.07. The molecule has 4 aromatic rings. The molecular formula is C25H20ClFN4O3. The molecule has 7 nitrogen and oxygen atoms in total. The van der Waals surface area contributed by atoms with Crippen LogP contribution in [0.4, 0.5) is 15.9 Å². The van der Waals surface area contributed by atoms with E-state index < -0.39 is 23.2 Å². The predicted octanol–water partition coefficient (Wildman–Crippen LogP) is 4.38. The second kappa shape index (κ2) is 9.84. The summed E-state index contributed by atoms with van der Waals surface area (Å²) in [6.07, 6.45) is 0. The standard InChI is InChI=1S/C25H20ClFN4O3/c1-16(32)30(14-17-10-12-18(27)13-11-17)24-25(34)31(22-9-5-4-8-21(22)29-24)15-23(33)28-20-7-3-2-6-19(20)26/h2-13H,14-15H2,1H3,(H,28,33). The lowest BCUT2D eigenvalue weighted by atomic mass is 10.2. The highest BCUT2D eigenvalue weighted by Crippen LogP contribution is 2.21. The highest BCUT2D eigenvalue weighted by Gasteiger charge is 2.22. The Morgan fingerprint density at radius 2 is 1.71 bits per heavy atom. The number of benzene rings is 3. The molecule has 2 amide bonds. The third kappa shape index (κ3) is 4.97. The SMILES string of the molecule is CC(=O)N(Cc1ccc(F)cc1)c1nc2ccccc2n(CC(=O)Nc2ccccc2Cl)c1=O. The smallest absolute Gasteiger partial charge is 0.294 e. The first kappa shape index (κ1) is 23.1. The van der Waals surface area contributed by atoms with Crippen LogP contribution in [0.3, 0.4) is 0 Å². The van der Waals surface area contributed by atoms with Gasteiger partial charge in [-0.15, -0.1) is 0 Å². The summed E-state index contributed by atoms with van der Waals surface area (Å²) in [6.45, 7) is 1.01. The lowest BCUT2D eigenvalue weighted by molar-refractivity contribution is -0.117. The fourth-order valence-corrected chi connectivity index (χ4v) is 3.70. The van der Waals surface area contributed by atoms with E-state index >= 15 is 0 Å². The van der Waals surface area contributed by atoms with Crippen molar-refractivity contribution < 1.29 is 14.0 Å². The van der Waals surface area contributed by atoms with Crippen LogP contribution in [0.15, 0.2) is 77.6 Å². The highest BCUT2D eigenvalue weighted by molar-refractivity contribution is 6.33. The van der Waals surface area contributed by atoms with Gasteiger partial charge in [0.05, 0.1) is 28.3 Å². The number of carbonyl (C=O) groups is 2. The molecule has 0 atom stereocenters. The van der Waals surface area contributed by atoms with Gasteiger partial charge in [-0.3, -0.25) is 23.9 Å². The predicted molar refractivity (Wildman–Crippen MR) is 129 cm³/mol. The van der Waals surface area contributed by atoms with E-state index in [2.05, 4.69) is 10.3 Å². The average molecular weight is 479 g/mol. The quantitative estimate of drug-likeness (QED) is 0.445. The number of halogens is 2. The molecule has 0 aliphatic carbocycles. The van der Waals surface area contributed by atoms with Crippen LogP contribution in [-0.2, 0) is 22.7 Å². The molecule has 172 valence electrons. The van der Waals surface area contributed by atoms with Gasteiger partial charge < -0.3 is 5.32 Å². The Morgan fingerprint density at radius 3 is 2.41 bits per heavy atom. The third-order valence-electron chi connectivity index (χ3n) is 5.17. The number of para-hydroxylation sites is 3. The first-order chi connectivity index (χ1) is 16.3. The molecule has 1 heterocycles. The van der Waals surface area contributed by atoms with Gasteiger partial charge in [-0.2, -0.15) is 0 Å². The number of nitrogens with zero attached hydrogens (tertiary/aromatic N) is 3. The zero-order chi connectivity index (χ0) is 24.2. The van der Waals surface area contributed by atoms with Gasteiger partial charge in [-0.25, -0.2) is 9.37 Å². The number of hydrogen-bond acceptors (Lipinski definition) is 4. The molecule has 0 bridgehead atoms. The zero-order valence-corrected chi connectivity index (χ0v) is 18.9. The monoisotopic (exact) mass is 478 g/mol. The Labute approximate surface area is 199 Å².